The molecular weight excluding hydrogens is 452 g/mol. The predicted molar refractivity (Wildman–Crippen MR) is 144 cm³/mol. The third-order valence-corrected chi connectivity index (χ3v) is 5.40. The summed E-state index contributed by atoms with van der Waals surface area (Å²) in [4.78, 5) is 25.8. The van der Waals surface area contributed by atoms with E-state index in [1.165, 1.54) is 0 Å². The Balaban J connectivity index is 1.52. The van der Waals surface area contributed by atoms with Crippen molar-refractivity contribution in [2.75, 3.05) is 10.6 Å². The van der Waals surface area contributed by atoms with Crippen molar-refractivity contribution in [3.8, 4) is 11.5 Å². The second-order valence-corrected chi connectivity index (χ2v) is 9.00. The number of ether oxygens (including phenoxy) is 2. The van der Waals surface area contributed by atoms with Crippen molar-refractivity contribution in [2.45, 2.75) is 39.9 Å². The normalized spacial score (nSPS) is 10.9. The van der Waals surface area contributed by atoms with Gasteiger partial charge in [0.2, 0.25) is 0 Å². The molecule has 0 atom stereocenters. The van der Waals surface area contributed by atoms with Gasteiger partial charge in [0.05, 0.1) is 12.2 Å². The lowest BCUT2D eigenvalue weighted by Gasteiger charge is -2.14. The van der Waals surface area contributed by atoms with E-state index in [0.717, 1.165) is 10.8 Å². The third kappa shape index (κ3) is 6.02. The van der Waals surface area contributed by atoms with Gasteiger partial charge in [-0.15, -0.1) is 0 Å². The summed E-state index contributed by atoms with van der Waals surface area (Å²) in [7, 11) is 0. The number of nitrogens with one attached hydrogen (secondary N) is 2. The smallest absolute Gasteiger partial charge is 0.255 e. The largest absolute Gasteiger partial charge is 0.491 e. The van der Waals surface area contributed by atoms with Crippen LogP contribution in [-0.2, 0) is 0 Å². The average molecular weight is 483 g/mol. The van der Waals surface area contributed by atoms with E-state index in [1.807, 2.05) is 64.1 Å². The van der Waals surface area contributed by atoms with E-state index in [4.69, 9.17) is 9.47 Å². The number of carbonyl (C=O) groups is 2. The van der Waals surface area contributed by atoms with Crippen LogP contribution in [0.15, 0.2) is 84.9 Å². The monoisotopic (exact) mass is 482 g/mol. The lowest BCUT2D eigenvalue weighted by Crippen LogP contribution is -2.14. The first-order valence-electron chi connectivity index (χ1n) is 12.0. The van der Waals surface area contributed by atoms with E-state index in [-0.39, 0.29) is 24.0 Å². The number of benzene rings is 4. The molecule has 0 fully saturated rings. The molecule has 184 valence electrons. The van der Waals surface area contributed by atoms with Crippen molar-refractivity contribution in [1.82, 2.24) is 0 Å². The molecule has 0 spiro atoms. The van der Waals surface area contributed by atoms with E-state index in [1.54, 1.807) is 48.5 Å². The zero-order chi connectivity index (χ0) is 25.7. The van der Waals surface area contributed by atoms with Gasteiger partial charge in [-0.25, -0.2) is 0 Å². The Morgan fingerprint density at radius 1 is 0.556 bits per heavy atom. The lowest BCUT2D eigenvalue weighted by atomic mass is 10.1. The standard InChI is InChI=1S/C30H30N2O4/c1-19(2)35-23-15-11-21(12-16-23)29(33)31-27-9-5-8-26-25(27)7-6-10-28(26)32-30(34)22-13-17-24(18-14-22)36-20(3)4/h5-20H,1-4H3,(H,31,33)(H,32,34). The number of rotatable bonds is 8. The number of hydrogen-bond donors (Lipinski definition) is 2. The predicted octanol–water partition coefficient (Wildman–Crippen LogP) is 6.92. The summed E-state index contributed by atoms with van der Waals surface area (Å²) in [6.07, 6.45) is 0.126. The zero-order valence-corrected chi connectivity index (χ0v) is 20.9. The summed E-state index contributed by atoms with van der Waals surface area (Å²) >= 11 is 0. The van der Waals surface area contributed by atoms with Gasteiger partial charge < -0.3 is 20.1 Å². The fraction of sp³-hybridized carbons (Fsp3) is 0.200. The minimum absolute atomic E-state index is 0.0632. The van der Waals surface area contributed by atoms with E-state index in [2.05, 4.69) is 10.6 Å². The number of anilines is 2. The highest BCUT2D eigenvalue weighted by Crippen LogP contribution is 2.30. The van der Waals surface area contributed by atoms with Crippen LogP contribution in [-0.4, -0.2) is 24.0 Å². The van der Waals surface area contributed by atoms with Crippen LogP contribution >= 0.6 is 0 Å². The van der Waals surface area contributed by atoms with Crippen LogP contribution in [0.25, 0.3) is 10.8 Å². The molecule has 0 aromatic heterocycles. The van der Waals surface area contributed by atoms with Gasteiger partial charge >= 0.3 is 0 Å². The maximum atomic E-state index is 12.9. The van der Waals surface area contributed by atoms with Gasteiger partial charge in [0, 0.05) is 33.3 Å². The first-order chi connectivity index (χ1) is 17.3. The molecule has 0 bridgehead atoms. The molecule has 4 aromatic carbocycles. The third-order valence-electron chi connectivity index (χ3n) is 5.40. The van der Waals surface area contributed by atoms with Gasteiger partial charge in [0.15, 0.2) is 0 Å². The van der Waals surface area contributed by atoms with E-state index in [0.29, 0.717) is 34.0 Å². The molecule has 0 aliphatic carbocycles. The van der Waals surface area contributed by atoms with E-state index >= 15 is 0 Å². The fourth-order valence-electron chi connectivity index (χ4n) is 3.83. The Kier molecular flexibility index (Phi) is 7.54. The Morgan fingerprint density at radius 2 is 0.917 bits per heavy atom. The topological polar surface area (TPSA) is 76.7 Å². The van der Waals surface area contributed by atoms with E-state index < -0.39 is 0 Å². The average Bonchev–Trinajstić information content (AvgIpc) is 2.84. The summed E-state index contributed by atoms with van der Waals surface area (Å²) in [5.74, 6) is 0.983. The Morgan fingerprint density at radius 3 is 1.25 bits per heavy atom. The summed E-state index contributed by atoms with van der Waals surface area (Å²) in [5.41, 5.74) is 2.37. The molecule has 0 aliphatic heterocycles. The zero-order valence-electron chi connectivity index (χ0n) is 20.9. The molecule has 0 saturated carbocycles. The van der Waals surface area contributed by atoms with Crippen LogP contribution in [0, 0.1) is 0 Å². The van der Waals surface area contributed by atoms with Crippen molar-refractivity contribution >= 4 is 34.0 Å². The van der Waals surface area contributed by atoms with Crippen LogP contribution < -0.4 is 20.1 Å². The van der Waals surface area contributed by atoms with Crippen LogP contribution in [0.3, 0.4) is 0 Å². The quantitative estimate of drug-likeness (QED) is 0.286. The molecule has 36 heavy (non-hydrogen) atoms. The van der Waals surface area contributed by atoms with Gasteiger partial charge in [0.1, 0.15) is 11.5 Å². The molecular formula is C30H30N2O4. The summed E-state index contributed by atoms with van der Waals surface area (Å²) in [6, 6.07) is 25.3. The van der Waals surface area contributed by atoms with Crippen LogP contribution in [0.4, 0.5) is 11.4 Å². The van der Waals surface area contributed by atoms with Crippen LogP contribution in [0.2, 0.25) is 0 Å². The van der Waals surface area contributed by atoms with Crippen molar-refractivity contribution in [1.29, 1.82) is 0 Å². The molecule has 0 radical (unpaired) electrons. The maximum Gasteiger partial charge on any atom is 0.255 e. The molecule has 2 amide bonds. The molecule has 4 aromatic rings. The van der Waals surface area contributed by atoms with Crippen molar-refractivity contribution in [3.63, 3.8) is 0 Å². The van der Waals surface area contributed by atoms with Crippen molar-refractivity contribution in [3.05, 3.63) is 96.1 Å². The second kappa shape index (κ2) is 11.0. The Labute approximate surface area is 211 Å². The first kappa shape index (κ1) is 24.8. The number of amides is 2. The molecule has 0 saturated heterocycles. The highest BCUT2D eigenvalue weighted by atomic mass is 16.5. The highest BCUT2D eigenvalue weighted by Gasteiger charge is 2.13. The van der Waals surface area contributed by atoms with Gasteiger partial charge in [0.25, 0.3) is 11.8 Å². The molecule has 6 heteroatoms. The maximum absolute atomic E-state index is 12.9. The molecule has 0 heterocycles. The van der Waals surface area contributed by atoms with Crippen molar-refractivity contribution in [2.24, 2.45) is 0 Å². The SMILES string of the molecule is CC(C)Oc1ccc(C(=O)Nc2cccc3c(NC(=O)c4ccc(OC(C)C)cc4)cccc23)cc1. The first-order valence-corrected chi connectivity index (χ1v) is 12.0. The molecule has 4 rings (SSSR count). The van der Waals surface area contributed by atoms with Gasteiger partial charge in [-0.3, -0.25) is 9.59 Å². The number of hydrogen-bond acceptors (Lipinski definition) is 4. The van der Waals surface area contributed by atoms with Gasteiger partial charge in [-0.05, 0) is 88.4 Å². The lowest BCUT2D eigenvalue weighted by molar-refractivity contribution is 0.101. The molecule has 0 unspecified atom stereocenters. The second-order valence-electron chi connectivity index (χ2n) is 9.00. The van der Waals surface area contributed by atoms with Gasteiger partial charge in [-0.2, -0.15) is 0 Å². The molecule has 6 nitrogen and oxygen atoms in total. The minimum Gasteiger partial charge on any atom is -0.491 e. The minimum atomic E-state index is -0.225. The fourth-order valence-corrected chi connectivity index (χ4v) is 3.83. The molecule has 0 aliphatic rings. The molecule has 2 N–H and O–H groups in total. The van der Waals surface area contributed by atoms with Crippen LogP contribution in [0.5, 0.6) is 11.5 Å². The van der Waals surface area contributed by atoms with E-state index in [9.17, 15) is 9.59 Å². The van der Waals surface area contributed by atoms with Gasteiger partial charge in [-0.1, -0.05) is 24.3 Å². The summed E-state index contributed by atoms with van der Waals surface area (Å²) in [6.45, 7) is 7.82. The van der Waals surface area contributed by atoms with Crippen molar-refractivity contribution < 1.29 is 19.1 Å². The number of fused-ring (bicyclic) bond motifs is 1. The summed E-state index contributed by atoms with van der Waals surface area (Å²) < 4.78 is 11.3. The van der Waals surface area contributed by atoms with Crippen LogP contribution in [0.1, 0.15) is 48.4 Å². The Hall–Kier alpha value is -4.32. The Bertz CT molecular complexity index is 1250. The number of carbonyl (C=O) groups excluding carboxylic acids is 2. The summed E-state index contributed by atoms with van der Waals surface area (Å²) in [5, 5.41) is 7.62. The highest BCUT2D eigenvalue weighted by molar-refractivity contribution is 6.14.